The van der Waals surface area contributed by atoms with E-state index in [4.69, 9.17) is 4.55 Å². The molecule has 1 N–H and O–H groups in total. The molecule has 0 heterocycles. The molecule has 2 unspecified atom stereocenters. The van der Waals surface area contributed by atoms with Gasteiger partial charge in [0.05, 0.1) is 6.10 Å². The number of unbranched alkanes of at least 4 members (excludes halogenated alkanes) is 4. The largest absolute Gasteiger partial charge is 0.302 e. The summed E-state index contributed by atoms with van der Waals surface area (Å²) in [5.74, 6) is 0. The van der Waals surface area contributed by atoms with Crippen molar-refractivity contribution in [3.8, 4) is 0 Å². The predicted molar refractivity (Wildman–Crippen MR) is 54.7 cm³/mol. The summed E-state index contributed by atoms with van der Waals surface area (Å²) >= 11 is -2.10. The van der Waals surface area contributed by atoms with E-state index in [1.165, 1.54) is 25.7 Å². The van der Waals surface area contributed by atoms with E-state index in [-0.39, 0.29) is 6.10 Å². The molecule has 0 aromatic heterocycles. The van der Waals surface area contributed by atoms with E-state index in [1.54, 1.807) is 0 Å². The SMILES string of the molecule is CCCCCCCC(C)OS(=O)O. The van der Waals surface area contributed by atoms with Crippen molar-refractivity contribution in [3.05, 3.63) is 0 Å². The van der Waals surface area contributed by atoms with Crippen LogP contribution in [-0.4, -0.2) is 14.9 Å². The van der Waals surface area contributed by atoms with Crippen LogP contribution in [-0.2, 0) is 15.5 Å². The normalized spacial score (nSPS) is 15.6. The molecule has 0 aliphatic carbocycles. The quantitative estimate of drug-likeness (QED) is 0.493. The number of hydrogen-bond acceptors (Lipinski definition) is 2. The molecule has 0 amide bonds. The zero-order valence-corrected chi connectivity index (χ0v) is 9.31. The standard InChI is InChI=1S/C9H20O3S/c1-3-4-5-6-7-8-9(2)12-13(10)11/h9H,3-8H2,1-2H3,(H,10,11). The van der Waals surface area contributed by atoms with Crippen molar-refractivity contribution in [2.45, 2.75) is 58.5 Å². The van der Waals surface area contributed by atoms with Crippen LogP contribution in [0, 0.1) is 0 Å². The fourth-order valence-electron chi connectivity index (χ4n) is 1.22. The first kappa shape index (κ1) is 13.1. The van der Waals surface area contributed by atoms with Crippen molar-refractivity contribution in [1.82, 2.24) is 0 Å². The van der Waals surface area contributed by atoms with Gasteiger partial charge in [0.15, 0.2) is 0 Å². The Morgan fingerprint density at radius 3 is 2.46 bits per heavy atom. The van der Waals surface area contributed by atoms with Gasteiger partial charge in [-0.15, -0.1) is 0 Å². The summed E-state index contributed by atoms with van der Waals surface area (Å²) in [6.07, 6.45) is 6.82. The summed E-state index contributed by atoms with van der Waals surface area (Å²) in [5.41, 5.74) is 0. The second kappa shape index (κ2) is 8.66. The van der Waals surface area contributed by atoms with Gasteiger partial charge >= 0.3 is 11.4 Å². The first-order valence-electron chi connectivity index (χ1n) is 4.94. The fraction of sp³-hybridized carbons (Fsp3) is 1.00. The van der Waals surface area contributed by atoms with Crippen LogP contribution in [0.25, 0.3) is 0 Å². The van der Waals surface area contributed by atoms with E-state index < -0.39 is 11.4 Å². The summed E-state index contributed by atoms with van der Waals surface area (Å²) in [5, 5.41) is 0. The molecule has 0 aliphatic heterocycles. The molecule has 80 valence electrons. The smallest absolute Gasteiger partial charge is 0.284 e. The molecule has 0 rings (SSSR count). The molecule has 4 heteroatoms. The topological polar surface area (TPSA) is 46.5 Å². The minimum absolute atomic E-state index is 0.104. The zero-order valence-electron chi connectivity index (χ0n) is 8.49. The molecule has 0 spiro atoms. The second-order valence-corrected chi connectivity index (χ2v) is 3.95. The van der Waals surface area contributed by atoms with E-state index in [0.29, 0.717) is 0 Å². The van der Waals surface area contributed by atoms with E-state index in [0.717, 1.165) is 12.8 Å². The fourth-order valence-corrected chi connectivity index (χ4v) is 1.60. The van der Waals surface area contributed by atoms with Crippen LogP contribution in [0.15, 0.2) is 0 Å². The summed E-state index contributed by atoms with van der Waals surface area (Å²) in [6, 6.07) is 0. The molecule has 0 saturated heterocycles. The first-order valence-corrected chi connectivity index (χ1v) is 5.98. The highest BCUT2D eigenvalue weighted by atomic mass is 32.2. The molecule has 0 aliphatic rings. The zero-order chi connectivity index (χ0) is 10.1. The molecule has 0 fully saturated rings. The van der Waals surface area contributed by atoms with Gasteiger partial charge in [-0.25, -0.2) is 0 Å². The Morgan fingerprint density at radius 1 is 1.31 bits per heavy atom. The Morgan fingerprint density at radius 2 is 1.92 bits per heavy atom. The van der Waals surface area contributed by atoms with Crippen LogP contribution in [0.1, 0.15) is 52.4 Å². The van der Waals surface area contributed by atoms with Crippen molar-refractivity contribution in [2.75, 3.05) is 0 Å². The molecule has 0 bridgehead atoms. The van der Waals surface area contributed by atoms with Gasteiger partial charge in [-0.2, -0.15) is 4.21 Å². The molecule has 2 atom stereocenters. The summed E-state index contributed by atoms with van der Waals surface area (Å²) in [7, 11) is 0. The van der Waals surface area contributed by atoms with Gasteiger partial charge in [-0.05, 0) is 13.3 Å². The third-order valence-corrected chi connectivity index (χ3v) is 2.45. The van der Waals surface area contributed by atoms with Crippen LogP contribution in [0.3, 0.4) is 0 Å². The Hall–Kier alpha value is 0.0700. The Bertz CT molecular complexity index is 139. The lowest BCUT2D eigenvalue weighted by Crippen LogP contribution is -2.09. The van der Waals surface area contributed by atoms with Crippen molar-refractivity contribution >= 4 is 11.4 Å². The monoisotopic (exact) mass is 208 g/mol. The van der Waals surface area contributed by atoms with Crippen molar-refractivity contribution in [3.63, 3.8) is 0 Å². The van der Waals surface area contributed by atoms with Gasteiger partial charge in [0.25, 0.3) is 0 Å². The molecule has 0 radical (unpaired) electrons. The van der Waals surface area contributed by atoms with Crippen LogP contribution in [0.5, 0.6) is 0 Å². The van der Waals surface area contributed by atoms with Crippen LogP contribution >= 0.6 is 0 Å². The summed E-state index contributed by atoms with van der Waals surface area (Å²) in [6.45, 7) is 4.01. The third-order valence-electron chi connectivity index (χ3n) is 1.96. The second-order valence-electron chi connectivity index (χ2n) is 3.33. The van der Waals surface area contributed by atoms with E-state index in [1.807, 2.05) is 6.92 Å². The Balaban J connectivity index is 3.17. The summed E-state index contributed by atoms with van der Waals surface area (Å²) < 4.78 is 23.3. The molecule has 0 saturated carbocycles. The number of rotatable bonds is 8. The van der Waals surface area contributed by atoms with Gasteiger partial charge in [0, 0.05) is 0 Å². The lowest BCUT2D eigenvalue weighted by atomic mass is 10.1. The van der Waals surface area contributed by atoms with Crippen LogP contribution in [0.2, 0.25) is 0 Å². The molecular weight excluding hydrogens is 188 g/mol. The summed E-state index contributed by atoms with van der Waals surface area (Å²) in [4.78, 5) is 0. The van der Waals surface area contributed by atoms with E-state index >= 15 is 0 Å². The lowest BCUT2D eigenvalue weighted by Gasteiger charge is -2.08. The Kier molecular flexibility index (Phi) is 8.71. The maximum absolute atomic E-state index is 10.2. The predicted octanol–water partition coefficient (Wildman–Crippen LogP) is 2.89. The molecule has 13 heavy (non-hydrogen) atoms. The van der Waals surface area contributed by atoms with Gasteiger partial charge in [-0.1, -0.05) is 39.0 Å². The van der Waals surface area contributed by atoms with Gasteiger partial charge in [0.2, 0.25) is 0 Å². The van der Waals surface area contributed by atoms with Gasteiger partial charge in [0.1, 0.15) is 0 Å². The van der Waals surface area contributed by atoms with Crippen molar-refractivity contribution in [1.29, 1.82) is 0 Å². The van der Waals surface area contributed by atoms with E-state index in [2.05, 4.69) is 11.1 Å². The van der Waals surface area contributed by atoms with Crippen LogP contribution in [0.4, 0.5) is 0 Å². The molecule has 0 aromatic carbocycles. The lowest BCUT2D eigenvalue weighted by molar-refractivity contribution is 0.208. The average Bonchev–Trinajstić information content (AvgIpc) is 2.02. The maximum Gasteiger partial charge on any atom is 0.302 e. The first-order chi connectivity index (χ1) is 6.16. The molecule has 0 aromatic rings. The highest BCUT2D eigenvalue weighted by Gasteiger charge is 2.04. The van der Waals surface area contributed by atoms with Gasteiger partial charge in [-0.3, -0.25) is 8.74 Å². The number of hydrogen-bond donors (Lipinski definition) is 1. The highest BCUT2D eigenvalue weighted by molar-refractivity contribution is 7.74. The molecular formula is C9H20O3S. The minimum atomic E-state index is -2.10. The maximum atomic E-state index is 10.2. The third kappa shape index (κ3) is 9.99. The van der Waals surface area contributed by atoms with Crippen molar-refractivity contribution in [2.24, 2.45) is 0 Å². The van der Waals surface area contributed by atoms with E-state index in [9.17, 15) is 4.21 Å². The molecule has 3 nitrogen and oxygen atoms in total. The van der Waals surface area contributed by atoms with Crippen LogP contribution < -0.4 is 0 Å². The Labute approximate surface area is 83.4 Å². The van der Waals surface area contributed by atoms with Gasteiger partial charge < -0.3 is 0 Å². The van der Waals surface area contributed by atoms with Crippen molar-refractivity contribution < 1.29 is 12.9 Å². The minimum Gasteiger partial charge on any atom is -0.284 e. The highest BCUT2D eigenvalue weighted by Crippen LogP contribution is 2.09. The average molecular weight is 208 g/mol.